The SMILES string of the molecule is O=C(O)CC(NC(=O)c1cc(Br)ccc1NC(=O)c1cccc2ccccc12)c1ccc(-c2ccccc2Oc2ccccc2)cc1. The van der Waals surface area contributed by atoms with Crippen LogP contribution in [0.1, 0.15) is 38.7 Å². The molecule has 0 heterocycles. The van der Waals surface area contributed by atoms with E-state index < -0.39 is 17.9 Å². The van der Waals surface area contributed by atoms with E-state index in [-0.39, 0.29) is 17.9 Å². The number of hydrogen-bond acceptors (Lipinski definition) is 4. The first-order chi connectivity index (χ1) is 22.9. The maximum absolute atomic E-state index is 13.7. The summed E-state index contributed by atoms with van der Waals surface area (Å²) < 4.78 is 6.75. The minimum Gasteiger partial charge on any atom is -0.481 e. The topological polar surface area (TPSA) is 105 Å². The molecule has 0 bridgehead atoms. The van der Waals surface area contributed by atoms with Crippen molar-refractivity contribution in [3.63, 3.8) is 0 Å². The second kappa shape index (κ2) is 14.1. The third-order valence-electron chi connectivity index (χ3n) is 7.67. The number of anilines is 1. The van der Waals surface area contributed by atoms with E-state index in [4.69, 9.17) is 4.74 Å². The molecule has 0 aromatic heterocycles. The Morgan fingerprint density at radius 3 is 2.19 bits per heavy atom. The third-order valence-corrected chi connectivity index (χ3v) is 8.17. The molecule has 0 fully saturated rings. The molecule has 0 saturated carbocycles. The number of halogens is 1. The van der Waals surface area contributed by atoms with E-state index in [2.05, 4.69) is 26.6 Å². The molecule has 6 aromatic carbocycles. The second-order valence-corrected chi connectivity index (χ2v) is 11.7. The molecule has 2 amide bonds. The van der Waals surface area contributed by atoms with Crippen molar-refractivity contribution in [3.05, 3.63) is 161 Å². The molecule has 6 rings (SSSR count). The van der Waals surface area contributed by atoms with Crippen LogP contribution in [-0.2, 0) is 4.79 Å². The van der Waals surface area contributed by atoms with Crippen LogP contribution in [0.25, 0.3) is 21.9 Å². The van der Waals surface area contributed by atoms with Crippen molar-refractivity contribution in [1.29, 1.82) is 0 Å². The number of fused-ring (bicyclic) bond motifs is 1. The average molecular weight is 686 g/mol. The number of hydrogen-bond donors (Lipinski definition) is 3. The van der Waals surface area contributed by atoms with Gasteiger partial charge in [0.2, 0.25) is 0 Å². The third kappa shape index (κ3) is 7.40. The minimum absolute atomic E-state index is 0.187. The molecular weight excluding hydrogens is 656 g/mol. The number of amides is 2. The molecule has 47 heavy (non-hydrogen) atoms. The molecular formula is C39H29BrN2O5. The molecule has 232 valence electrons. The highest BCUT2D eigenvalue weighted by atomic mass is 79.9. The Morgan fingerprint density at radius 2 is 1.40 bits per heavy atom. The van der Waals surface area contributed by atoms with Gasteiger partial charge in [0.1, 0.15) is 11.5 Å². The zero-order valence-corrected chi connectivity index (χ0v) is 26.6. The molecule has 1 unspecified atom stereocenters. The Bertz CT molecular complexity index is 2070. The van der Waals surface area contributed by atoms with Gasteiger partial charge in [-0.15, -0.1) is 0 Å². The fourth-order valence-corrected chi connectivity index (χ4v) is 5.75. The van der Waals surface area contributed by atoms with Crippen LogP contribution >= 0.6 is 15.9 Å². The summed E-state index contributed by atoms with van der Waals surface area (Å²) >= 11 is 3.42. The van der Waals surface area contributed by atoms with Crippen molar-refractivity contribution >= 4 is 50.2 Å². The van der Waals surface area contributed by atoms with Crippen molar-refractivity contribution in [2.45, 2.75) is 12.5 Å². The van der Waals surface area contributed by atoms with Crippen molar-refractivity contribution in [2.24, 2.45) is 0 Å². The van der Waals surface area contributed by atoms with Gasteiger partial charge in [-0.1, -0.05) is 113 Å². The summed E-state index contributed by atoms with van der Waals surface area (Å²) in [5.74, 6) is -0.584. The summed E-state index contributed by atoms with van der Waals surface area (Å²) in [4.78, 5) is 39.0. The van der Waals surface area contributed by atoms with Gasteiger partial charge in [0.15, 0.2) is 0 Å². The second-order valence-electron chi connectivity index (χ2n) is 10.8. The Hall–Kier alpha value is -5.73. The largest absolute Gasteiger partial charge is 0.481 e. The number of nitrogens with one attached hydrogen (secondary N) is 2. The van der Waals surface area contributed by atoms with E-state index in [1.54, 1.807) is 36.4 Å². The Morgan fingerprint density at radius 1 is 0.702 bits per heavy atom. The Kier molecular flexibility index (Phi) is 9.41. The summed E-state index contributed by atoms with van der Waals surface area (Å²) in [7, 11) is 0. The lowest BCUT2D eigenvalue weighted by Crippen LogP contribution is -2.31. The summed E-state index contributed by atoms with van der Waals surface area (Å²) in [6.45, 7) is 0. The monoisotopic (exact) mass is 684 g/mol. The molecule has 3 N–H and O–H groups in total. The number of para-hydroxylation sites is 2. The highest BCUT2D eigenvalue weighted by molar-refractivity contribution is 9.10. The van der Waals surface area contributed by atoms with Crippen LogP contribution in [0.5, 0.6) is 11.5 Å². The van der Waals surface area contributed by atoms with Crippen LogP contribution in [0.4, 0.5) is 5.69 Å². The Balaban J connectivity index is 1.24. The molecule has 0 spiro atoms. The number of benzene rings is 6. The first-order valence-corrected chi connectivity index (χ1v) is 15.7. The lowest BCUT2D eigenvalue weighted by Gasteiger charge is -2.20. The molecule has 7 nitrogen and oxygen atoms in total. The first-order valence-electron chi connectivity index (χ1n) is 14.9. The highest BCUT2D eigenvalue weighted by Crippen LogP contribution is 2.34. The van der Waals surface area contributed by atoms with Crippen LogP contribution < -0.4 is 15.4 Å². The van der Waals surface area contributed by atoms with E-state index in [1.807, 2.05) is 103 Å². The summed E-state index contributed by atoms with van der Waals surface area (Å²) in [5.41, 5.74) is 3.29. The molecule has 0 radical (unpaired) electrons. The van der Waals surface area contributed by atoms with Crippen molar-refractivity contribution in [1.82, 2.24) is 5.32 Å². The van der Waals surface area contributed by atoms with Gasteiger partial charge in [0, 0.05) is 15.6 Å². The molecule has 6 aromatic rings. The zero-order chi connectivity index (χ0) is 32.8. The number of ether oxygens (including phenoxy) is 1. The molecule has 0 aliphatic heterocycles. The first kappa shape index (κ1) is 31.3. The van der Waals surface area contributed by atoms with E-state index in [0.717, 1.165) is 21.9 Å². The maximum atomic E-state index is 13.7. The van der Waals surface area contributed by atoms with Crippen LogP contribution in [0.2, 0.25) is 0 Å². The highest BCUT2D eigenvalue weighted by Gasteiger charge is 2.22. The van der Waals surface area contributed by atoms with Gasteiger partial charge in [-0.05, 0) is 64.4 Å². The van der Waals surface area contributed by atoms with Gasteiger partial charge in [-0.25, -0.2) is 0 Å². The predicted molar refractivity (Wildman–Crippen MR) is 187 cm³/mol. The number of rotatable bonds is 10. The fraction of sp³-hybridized carbons (Fsp3) is 0.0513. The molecule has 0 saturated heterocycles. The maximum Gasteiger partial charge on any atom is 0.305 e. The lowest BCUT2D eigenvalue weighted by atomic mass is 9.98. The van der Waals surface area contributed by atoms with Crippen molar-refractivity contribution < 1.29 is 24.2 Å². The fourth-order valence-electron chi connectivity index (χ4n) is 5.39. The molecule has 1 atom stereocenters. The van der Waals surface area contributed by atoms with Gasteiger partial charge in [0.25, 0.3) is 11.8 Å². The van der Waals surface area contributed by atoms with Crippen molar-refractivity contribution in [2.75, 3.05) is 5.32 Å². The van der Waals surface area contributed by atoms with Crippen LogP contribution in [0.15, 0.2) is 144 Å². The van der Waals surface area contributed by atoms with E-state index in [0.29, 0.717) is 32.8 Å². The van der Waals surface area contributed by atoms with E-state index in [1.165, 1.54) is 0 Å². The van der Waals surface area contributed by atoms with Crippen LogP contribution in [0.3, 0.4) is 0 Å². The van der Waals surface area contributed by atoms with Crippen LogP contribution in [-0.4, -0.2) is 22.9 Å². The average Bonchev–Trinajstić information content (AvgIpc) is 3.09. The minimum atomic E-state index is -1.07. The van der Waals surface area contributed by atoms with Gasteiger partial charge in [-0.2, -0.15) is 0 Å². The quantitative estimate of drug-likeness (QED) is 0.133. The van der Waals surface area contributed by atoms with Crippen LogP contribution in [0, 0.1) is 0 Å². The van der Waals surface area contributed by atoms with Crippen molar-refractivity contribution in [3.8, 4) is 22.6 Å². The summed E-state index contributed by atoms with van der Waals surface area (Å²) in [6.07, 6.45) is -0.343. The normalized spacial score (nSPS) is 11.4. The number of carboxylic acid groups (broad SMARTS) is 1. The standard InChI is InChI=1S/C39H29BrN2O5/c40-28-21-22-34(41-38(45)32-15-8-10-25-9-4-5-13-30(25)32)33(23-28)39(46)42-35(24-37(43)44)27-19-17-26(18-20-27)31-14-6-7-16-36(31)47-29-11-2-1-3-12-29/h1-23,35H,24H2,(H,41,45)(H,42,46)(H,43,44). The van der Waals surface area contributed by atoms with Gasteiger partial charge < -0.3 is 20.5 Å². The molecule has 0 aliphatic rings. The lowest BCUT2D eigenvalue weighted by molar-refractivity contribution is -0.137. The van der Waals surface area contributed by atoms with Gasteiger partial charge >= 0.3 is 5.97 Å². The summed E-state index contributed by atoms with van der Waals surface area (Å²) in [6, 6.07) is 41.6. The molecule has 8 heteroatoms. The number of carbonyl (C=O) groups is 3. The predicted octanol–water partition coefficient (Wildman–Crippen LogP) is 9.26. The number of carbonyl (C=O) groups excluding carboxylic acids is 2. The summed E-state index contributed by atoms with van der Waals surface area (Å²) in [5, 5.41) is 17.2. The zero-order valence-electron chi connectivity index (χ0n) is 25.0. The van der Waals surface area contributed by atoms with Gasteiger partial charge in [0.05, 0.1) is 23.7 Å². The van der Waals surface area contributed by atoms with E-state index >= 15 is 0 Å². The van der Waals surface area contributed by atoms with E-state index in [9.17, 15) is 19.5 Å². The molecule has 0 aliphatic carbocycles. The van der Waals surface area contributed by atoms with Gasteiger partial charge in [-0.3, -0.25) is 14.4 Å². The smallest absolute Gasteiger partial charge is 0.305 e. The number of carboxylic acids is 1. The number of aliphatic carboxylic acids is 1. The Labute approximate surface area is 280 Å².